The number of hydrogen-bond acceptors (Lipinski definition) is 5. The maximum atomic E-state index is 10.4. The fraction of sp³-hybridized carbons (Fsp3) is 0.955. The van der Waals surface area contributed by atoms with Crippen molar-refractivity contribution >= 4 is 5.97 Å². The summed E-state index contributed by atoms with van der Waals surface area (Å²) in [7, 11) is 0. The Morgan fingerprint density at radius 2 is 1.00 bits per heavy atom. The molecule has 0 aliphatic rings. The van der Waals surface area contributed by atoms with E-state index in [4.69, 9.17) is 5.11 Å². The molecule has 28 heavy (non-hydrogen) atoms. The normalized spacial score (nSPS) is 15.9. The maximum Gasteiger partial charge on any atom is 0.303 e. The van der Waals surface area contributed by atoms with Gasteiger partial charge in [0.05, 0.1) is 24.4 Å². The molecule has 0 saturated heterocycles. The molecular weight excluding hydrogens is 360 g/mol. The van der Waals surface area contributed by atoms with Crippen molar-refractivity contribution in [2.24, 2.45) is 0 Å². The highest BCUT2D eigenvalue weighted by molar-refractivity contribution is 5.66. The summed E-state index contributed by atoms with van der Waals surface area (Å²) in [6, 6.07) is 0. The topological polar surface area (TPSA) is 118 Å². The molecule has 0 aliphatic heterocycles. The zero-order valence-corrected chi connectivity index (χ0v) is 17.8. The number of aliphatic carboxylic acids is 1. The van der Waals surface area contributed by atoms with Gasteiger partial charge in [-0.3, -0.25) is 4.79 Å². The summed E-state index contributed by atoms with van der Waals surface area (Å²) in [6.45, 7) is 2.19. The van der Waals surface area contributed by atoms with Crippen molar-refractivity contribution in [3.63, 3.8) is 0 Å². The SMILES string of the molecule is CCCCCCCCCC(O)C(O)CC(O)C(O)CCCCCCCC(=O)O. The number of hydrogen-bond donors (Lipinski definition) is 5. The second-order valence-corrected chi connectivity index (χ2v) is 8.12. The smallest absolute Gasteiger partial charge is 0.303 e. The second-order valence-electron chi connectivity index (χ2n) is 8.12. The Balaban J connectivity index is 3.72. The molecule has 0 heterocycles. The van der Waals surface area contributed by atoms with Gasteiger partial charge in [0.2, 0.25) is 0 Å². The van der Waals surface area contributed by atoms with E-state index >= 15 is 0 Å². The van der Waals surface area contributed by atoms with Crippen LogP contribution >= 0.6 is 0 Å². The van der Waals surface area contributed by atoms with Crippen LogP contribution in [-0.4, -0.2) is 55.9 Å². The first-order chi connectivity index (χ1) is 13.4. The monoisotopic (exact) mass is 404 g/mol. The van der Waals surface area contributed by atoms with E-state index in [1.165, 1.54) is 25.7 Å². The molecule has 4 atom stereocenters. The summed E-state index contributed by atoms with van der Waals surface area (Å²) in [4.78, 5) is 10.4. The Hall–Kier alpha value is -0.690. The first kappa shape index (κ1) is 27.3. The number of aliphatic hydroxyl groups excluding tert-OH is 4. The average molecular weight is 405 g/mol. The fourth-order valence-corrected chi connectivity index (χ4v) is 3.42. The third-order valence-electron chi connectivity index (χ3n) is 5.37. The van der Waals surface area contributed by atoms with Crippen molar-refractivity contribution < 1.29 is 30.3 Å². The largest absolute Gasteiger partial charge is 0.481 e. The van der Waals surface area contributed by atoms with Gasteiger partial charge in [0.1, 0.15) is 0 Å². The van der Waals surface area contributed by atoms with Crippen molar-refractivity contribution in [1.82, 2.24) is 0 Å². The van der Waals surface area contributed by atoms with E-state index in [-0.39, 0.29) is 12.8 Å². The van der Waals surface area contributed by atoms with E-state index in [0.717, 1.165) is 44.9 Å². The van der Waals surface area contributed by atoms with Crippen LogP contribution < -0.4 is 0 Å². The molecule has 0 radical (unpaired) electrons. The highest BCUT2D eigenvalue weighted by Crippen LogP contribution is 2.17. The van der Waals surface area contributed by atoms with Crippen LogP contribution in [0.25, 0.3) is 0 Å². The van der Waals surface area contributed by atoms with Crippen LogP contribution in [0.2, 0.25) is 0 Å². The summed E-state index contributed by atoms with van der Waals surface area (Å²) in [5, 5.41) is 48.7. The minimum absolute atomic E-state index is 0.0164. The quantitative estimate of drug-likeness (QED) is 0.197. The number of unbranched alkanes of at least 4 members (excludes halogenated alkanes) is 10. The molecule has 0 fully saturated rings. The molecule has 4 unspecified atom stereocenters. The first-order valence-corrected chi connectivity index (χ1v) is 11.3. The summed E-state index contributed by atoms with van der Waals surface area (Å²) in [6.07, 6.45) is 9.45. The molecule has 0 amide bonds. The Morgan fingerprint density at radius 3 is 1.43 bits per heavy atom. The van der Waals surface area contributed by atoms with Crippen LogP contribution in [0.3, 0.4) is 0 Å². The third kappa shape index (κ3) is 16.3. The molecule has 0 aromatic carbocycles. The van der Waals surface area contributed by atoms with E-state index in [1.807, 2.05) is 0 Å². The molecule has 0 bridgehead atoms. The minimum Gasteiger partial charge on any atom is -0.481 e. The van der Waals surface area contributed by atoms with Gasteiger partial charge in [0.25, 0.3) is 0 Å². The van der Waals surface area contributed by atoms with Crippen LogP contribution in [0.4, 0.5) is 0 Å². The van der Waals surface area contributed by atoms with Gasteiger partial charge in [-0.05, 0) is 19.3 Å². The number of carboxylic acids is 1. The molecule has 168 valence electrons. The first-order valence-electron chi connectivity index (χ1n) is 11.3. The molecule has 0 rings (SSSR count). The van der Waals surface area contributed by atoms with E-state index in [2.05, 4.69) is 6.92 Å². The predicted octanol–water partition coefficient (Wildman–Crippen LogP) is 3.78. The highest BCUT2D eigenvalue weighted by atomic mass is 16.4. The van der Waals surface area contributed by atoms with E-state index in [0.29, 0.717) is 19.3 Å². The summed E-state index contributed by atoms with van der Waals surface area (Å²) >= 11 is 0. The van der Waals surface area contributed by atoms with Crippen molar-refractivity contribution in [3.05, 3.63) is 0 Å². The standard InChI is InChI=1S/C22H44O6/c1-2-3-4-5-6-8-11-14-18(23)20(25)17-21(26)19(24)15-12-9-7-10-13-16-22(27)28/h18-21,23-26H,2-17H2,1H3,(H,27,28). The minimum atomic E-state index is -1.04. The van der Waals surface area contributed by atoms with Crippen LogP contribution in [0, 0.1) is 0 Å². The Morgan fingerprint density at radius 1 is 0.607 bits per heavy atom. The lowest BCUT2D eigenvalue weighted by molar-refractivity contribution is -0.137. The Bertz CT molecular complexity index is 363. The van der Waals surface area contributed by atoms with Crippen LogP contribution in [0.5, 0.6) is 0 Å². The van der Waals surface area contributed by atoms with Gasteiger partial charge in [0.15, 0.2) is 0 Å². The zero-order chi connectivity index (χ0) is 21.2. The fourth-order valence-electron chi connectivity index (χ4n) is 3.42. The lowest BCUT2D eigenvalue weighted by Crippen LogP contribution is -2.35. The molecule has 6 heteroatoms. The lowest BCUT2D eigenvalue weighted by atomic mass is 9.96. The number of carboxylic acid groups (broad SMARTS) is 1. The number of aliphatic hydroxyl groups is 4. The average Bonchev–Trinajstić information content (AvgIpc) is 2.65. The third-order valence-corrected chi connectivity index (χ3v) is 5.37. The van der Waals surface area contributed by atoms with Gasteiger partial charge in [-0.15, -0.1) is 0 Å². The van der Waals surface area contributed by atoms with Crippen molar-refractivity contribution in [1.29, 1.82) is 0 Å². The molecule has 0 aliphatic carbocycles. The van der Waals surface area contributed by atoms with Crippen molar-refractivity contribution in [2.45, 2.75) is 134 Å². The van der Waals surface area contributed by atoms with Crippen LogP contribution in [0.1, 0.15) is 110 Å². The predicted molar refractivity (Wildman–Crippen MR) is 111 cm³/mol. The summed E-state index contributed by atoms with van der Waals surface area (Å²) < 4.78 is 0. The number of rotatable bonds is 20. The van der Waals surface area contributed by atoms with Crippen LogP contribution in [0.15, 0.2) is 0 Å². The molecule has 0 aromatic rings. The van der Waals surface area contributed by atoms with Gasteiger partial charge in [-0.2, -0.15) is 0 Å². The molecule has 0 aromatic heterocycles. The Labute approximate surface area is 171 Å². The molecule has 5 N–H and O–H groups in total. The zero-order valence-electron chi connectivity index (χ0n) is 17.8. The summed E-state index contributed by atoms with van der Waals surface area (Å²) in [5.74, 6) is -0.772. The summed E-state index contributed by atoms with van der Waals surface area (Å²) in [5.41, 5.74) is 0. The van der Waals surface area contributed by atoms with Gasteiger partial charge >= 0.3 is 5.97 Å². The van der Waals surface area contributed by atoms with E-state index in [1.54, 1.807) is 0 Å². The van der Waals surface area contributed by atoms with Crippen molar-refractivity contribution in [2.75, 3.05) is 0 Å². The highest BCUT2D eigenvalue weighted by Gasteiger charge is 2.24. The van der Waals surface area contributed by atoms with E-state index in [9.17, 15) is 25.2 Å². The number of carbonyl (C=O) groups is 1. The molecular formula is C22H44O6. The molecule has 6 nitrogen and oxygen atoms in total. The lowest BCUT2D eigenvalue weighted by Gasteiger charge is -2.23. The second kappa shape index (κ2) is 18.3. The van der Waals surface area contributed by atoms with Crippen molar-refractivity contribution in [3.8, 4) is 0 Å². The Kier molecular flexibility index (Phi) is 17.9. The van der Waals surface area contributed by atoms with Gasteiger partial charge in [-0.25, -0.2) is 0 Å². The van der Waals surface area contributed by atoms with Gasteiger partial charge in [0, 0.05) is 12.8 Å². The van der Waals surface area contributed by atoms with Gasteiger partial charge < -0.3 is 25.5 Å². The maximum absolute atomic E-state index is 10.4. The van der Waals surface area contributed by atoms with Gasteiger partial charge in [-0.1, -0.05) is 77.6 Å². The molecule has 0 spiro atoms. The van der Waals surface area contributed by atoms with Crippen LogP contribution in [-0.2, 0) is 4.79 Å². The molecule has 0 saturated carbocycles. The van der Waals surface area contributed by atoms with E-state index < -0.39 is 30.4 Å².